The van der Waals surface area contributed by atoms with Crippen LogP contribution in [0.5, 0.6) is 0 Å². The van der Waals surface area contributed by atoms with E-state index in [-0.39, 0.29) is 33.4 Å². The van der Waals surface area contributed by atoms with E-state index in [1.807, 2.05) is 0 Å². The lowest BCUT2D eigenvalue weighted by Crippen LogP contribution is -2.27. The second-order valence-corrected chi connectivity index (χ2v) is 8.37. The lowest BCUT2D eigenvalue weighted by atomic mass is 10.1. The van der Waals surface area contributed by atoms with Gasteiger partial charge in [0.05, 0.1) is 17.1 Å². The van der Waals surface area contributed by atoms with Crippen molar-refractivity contribution in [2.45, 2.75) is 38.2 Å². The topological polar surface area (TPSA) is 84.5 Å². The van der Waals surface area contributed by atoms with Crippen LogP contribution in [0.15, 0.2) is 41.3 Å². The van der Waals surface area contributed by atoms with E-state index in [1.165, 1.54) is 25.1 Å². The van der Waals surface area contributed by atoms with Gasteiger partial charge in [0.1, 0.15) is 17.2 Å². The van der Waals surface area contributed by atoms with Gasteiger partial charge in [0.25, 0.3) is 0 Å². The number of nitrogens with one attached hydrogen (secondary N) is 2. The maximum absolute atomic E-state index is 14.1. The van der Waals surface area contributed by atoms with Crippen molar-refractivity contribution in [3.63, 3.8) is 0 Å². The third kappa shape index (κ3) is 7.14. The summed E-state index contributed by atoms with van der Waals surface area (Å²) in [5.41, 5.74) is -0.301. The molecule has 2 rings (SSSR count). The van der Waals surface area contributed by atoms with Crippen LogP contribution in [0.25, 0.3) is 0 Å². The summed E-state index contributed by atoms with van der Waals surface area (Å²) in [5, 5.41) is 4.95. The molecule has 0 atom stereocenters. The normalized spacial score (nSPS) is 11.0. The molecule has 0 aromatic heterocycles. The zero-order chi connectivity index (χ0) is 22.5. The minimum atomic E-state index is -0.758. The van der Waals surface area contributed by atoms with Gasteiger partial charge >= 0.3 is 6.09 Å². The first kappa shape index (κ1) is 23.3. The summed E-state index contributed by atoms with van der Waals surface area (Å²) in [6.45, 7) is 6.41. The second kappa shape index (κ2) is 9.71. The van der Waals surface area contributed by atoms with Crippen LogP contribution in [0.3, 0.4) is 0 Å². The molecule has 6 nitrogen and oxygen atoms in total. The van der Waals surface area contributed by atoms with Crippen LogP contribution in [-0.4, -0.2) is 29.1 Å². The zero-order valence-corrected chi connectivity index (χ0v) is 17.8. The molecule has 160 valence electrons. The molecule has 0 saturated carbocycles. The summed E-state index contributed by atoms with van der Waals surface area (Å²) in [6.07, 6.45) is -0.758. The first-order chi connectivity index (χ1) is 13.9. The molecule has 0 aliphatic carbocycles. The monoisotopic (exact) mass is 436 g/mol. The Kier molecular flexibility index (Phi) is 7.55. The predicted molar refractivity (Wildman–Crippen MR) is 112 cm³/mol. The molecular formula is C21H22F2N2O4S. The summed E-state index contributed by atoms with van der Waals surface area (Å²) < 4.78 is 32.9. The number of thioether (sulfide) groups is 1. The van der Waals surface area contributed by atoms with Crippen molar-refractivity contribution in [1.82, 2.24) is 0 Å². The molecule has 2 amide bonds. The van der Waals surface area contributed by atoms with E-state index < -0.39 is 29.2 Å². The minimum Gasteiger partial charge on any atom is -0.444 e. The third-order valence-corrected chi connectivity index (χ3v) is 4.64. The molecule has 30 heavy (non-hydrogen) atoms. The van der Waals surface area contributed by atoms with Gasteiger partial charge in [0.2, 0.25) is 5.91 Å². The number of carbonyl (C=O) groups is 3. The largest absolute Gasteiger partial charge is 0.444 e. The van der Waals surface area contributed by atoms with Crippen LogP contribution in [0, 0.1) is 11.6 Å². The van der Waals surface area contributed by atoms with Crippen LogP contribution in [0.2, 0.25) is 0 Å². The number of anilines is 2. The van der Waals surface area contributed by atoms with Gasteiger partial charge in [-0.25, -0.2) is 13.6 Å². The van der Waals surface area contributed by atoms with E-state index in [0.717, 1.165) is 30.0 Å². The fourth-order valence-electron chi connectivity index (χ4n) is 2.31. The van der Waals surface area contributed by atoms with Crippen molar-refractivity contribution < 1.29 is 27.9 Å². The lowest BCUT2D eigenvalue weighted by molar-refractivity contribution is -0.113. The molecule has 0 heterocycles. The van der Waals surface area contributed by atoms with Gasteiger partial charge in [0.15, 0.2) is 5.78 Å². The summed E-state index contributed by atoms with van der Waals surface area (Å²) >= 11 is 0.923. The first-order valence-electron chi connectivity index (χ1n) is 8.97. The Morgan fingerprint density at radius 3 is 2.30 bits per heavy atom. The molecule has 0 aliphatic heterocycles. The molecule has 0 spiro atoms. The fraction of sp³-hybridized carbons (Fsp3) is 0.286. The number of Topliss-reactive ketones (excluding diaryl/α,β-unsaturated/α-hetero) is 1. The number of hydrogen-bond donors (Lipinski definition) is 2. The molecule has 2 N–H and O–H groups in total. The molecule has 2 aromatic rings. The number of benzene rings is 2. The number of ketones is 1. The average Bonchev–Trinajstić information content (AvgIpc) is 2.61. The molecule has 0 unspecified atom stereocenters. The van der Waals surface area contributed by atoms with Gasteiger partial charge in [-0.15, -0.1) is 11.8 Å². The number of amides is 2. The van der Waals surface area contributed by atoms with Crippen LogP contribution in [-0.2, 0) is 9.53 Å². The van der Waals surface area contributed by atoms with E-state index in [9.17, 15) is 23.2 Å². The first-order valence-corrected chi connectivity index (χ1v) is 9.96. The van der Waals surface area contributed by atoms with E-state index in [2.05, 4.69) is 10.6 Å². The van der Waals surface area contributed by atoms with Crippen molar-refractivity contribution in [3.05, 3.63) is 53.6 Å². The molecule has 0 aliphatic rings. The van der Waals surface area contributed by atoms with Crippen molar-refractivity contribution in [3.8, 4) is 0 Å². The highest BCUT2D eigenvalue weighted by atomic mass is 32.2. The maximum atomic E-state index is 14.1. The SMILES string of the molecule is CC(=O)c1ccc(SCC(=O)Nc2cc(F)ccc2NC(=O)OC(C)(C)C)c(F)c1. The fourth-order valence-corrected chi connectivity index (χ4v) is 3.03. The van der Waals surface area contributed by atoms with Gasteiger partial charge < -0.3 is 10.1 Å². The minimum absolute atomic E-state index is 0.0406. The number of rotatable bonds is 6. The van der Waals surface area contributed by atoms with E-state index >= 15 is 0 Å². The van der Waals surface area contributed by atoms with E-state index in [4.69, 9.17) is 4.74 Å². The van der Waals surface area contributed by atoms with Crippen LogP contribution < -0.4 is 10.6 Å². The van der Waals surface area contributed by atoms with E-state index in [1.54, 1.807) is 20.8 Å². The molecule has 0 fully saturated rings. The Balaban J connectivity index is 2.05. The molecule has 2 aromatic carbocycles. The lowest BCUT2D eigenvalue weighted by Gasteiger charge is -2.20. The summed E-state index contributed by atoms with van der Waals surface area (Å²) in [5.74, 6) is -2.19. The summed E-state index contributed by atoms with van der Waals surface area (Å²) in [7, 11) is 0. The Morgan fingerprint density at radius 2 is 1.70 bits per heavy atom. The highest BCUT2D eigenvalue weighted by molar-refractivity contribution is 8.00. The van der Waals surface area contributed by atoms with Crippen LogP contribution in [0.4, 0.5) is 25.0 Å². The van der Waals surface area contributed by atoms with Crippen molar-refractivity contribution >= 4 is 40.9 Å². The Labute approximate surface area is 177 Å². The molecule has 0 saturated heterocycles. The standard InChI is InChI=1S/C21H22F2N2O4S/c1-12(26)13-5-8-18(15(23)9-13)30-11-19(27)24-17-10-14(22)6-7-16(17)25-20(28)29-21(2,3)4/h5-10H,11H2,1-4H3,(H,24,27)(H,25,28). The predicted octanol–water partition coefficient (Wildman–Crippen LogP) is 5.25. The van der Waals surface area contributed by atoms with E-state index in [0.29, 0.717) is 0 Å². The third-order valence-electron chi connectivity index (χ3n) is 3.59. The molecule has 0 bridgehead atoms. The quantitative estimate of drug-likeness (QED) is 0.478. The van der Waals surface area contributed by atoms with Crippen molar-refractivity contribution in [2.75, 3.05) is 16.4 Å². The molecular weight excluding hydrogens is 414 g/mol. The Morgan fingerprint density at radius 1 is 1.00 bits per heavy atom. The summed E-state index contributed by atoms with van der Waals surface area (Å²) in [4.78, 5) is 35.7. The Bertz CT molecular complexity index is 974. The number of halogens is 2. The van der Waals surface area contributed by atoms with Crippen LogP contribution >= 0.6 is 11.8 Å². The zero-order valence-electron chi connectivity index (χ0n) is 17.0. The Hall–Kier alpha value is -2.94. The number of hydrogen-bond acceptors (Lipinski definition) is 5. The number of ether oxygens (including phenoxy) is 1. The van der Waals surface area contributed by atoms with Gasteiger partial charge in [-0.05, 0) is 58.0 Å². The van der Waals surface area contributed by atoms with Crippen LogP contribution in [0.1, 0.15) is 38.1 Å². The van der Waals surface area contributed by atoms with Gasteiger partial charge in [-0.1, -0.05) is 6.07 Å². The highest BCUT2D eigenvalue weighted by Gasteiger charge is 2.18. The molecule has 0 radical (unpaired) electrons. The van der Waals surface area contributed by atoms with Gasteiger partial charge in [0, 0.05) is 10.5 Å². The highest BCUT2D eigenvalue weighted by Crippen LogP contribution is 2.26. The van der Waals surface area contributed by atoms with Crippen molar-refractivity contribution in [1.29, 1.82) is 0 Å². The smallest absolute Gasteiger partial charge is 0.412 e. The van der Waals surface area contributed by atoms with Crippen molar-refractivity contribution in [2.24, 2.45) is 0 Å². The average molecular weight is 436 g/mol. The maximum Gasteiger partial charge on any atom is 0.412 e. The summed E-state index contributed by atoms with van der Waals surface area (Å²) in [6, 6.07) is 7.48. The van der Waals surface area contributed by atoms with Gasteiger partial charge in [-0.3, -0.25) is 14.9 Å². The number of carbonyl (C=O) groups excluding carboxylic acids is 3. The second-order valence-electron chi connectivity index (χ2n) is 7.36. The molecule has 9 heteroatoms. The van der Waals surface area contributed by atoms with Gasteiger partial charge in [-0.2, -0.15) is 0 Å².